The molecule has 1 aliphatic carbocycles. The quantitative estimate of drug-likeness (QED) is 0.539. The van der Waals surface area contributed by atoms with E-state index >= 15 is 0 Å². The first-order valence-electron chi connectivity index (χ1n) is 12.8. The maximum absolute atomic E-state index is 13.4. The molecule has 0 spiro atoms. The fourth-order valence-corrected chi connectivity index (χ4v) is 6.67. The molecule has 1 amide bonds. The smallest absolute Gasteiger partial charge is 0.410 e. The normalized spacial score (nSPS) is 25.1. The van der Waals surface area contributed by atoms with Crippen molar-refractivity contribution in [1.82, 2.24) is 9.88 Å². The molecule has 3 aliphatic rings. The van der Waals surface area contributed by atoms with Gasteiger partial charge in [-0.2, -0.15) is 0 Å². The van der Waals surface area contributed by atoms with Gasteiger partial charge >= 0.3 is 6.09 Å². The summed E-state index contributed by atoms with van der Waals surface area (Å²) in [6.07, 6.45) is 4.33. The predicted octanol–water partition coefficient (Wildman–Crippen LogP) is 5.63. The summed E-state index contributed by atoms with van der Waals surface area (Å²) in [5.74, 6) is 0.0558. The molecule has 2 unspecified atom stereocenters. The highest BCUT2D eigenvalue weighted by molar-refractivity contribution is 5.79. The van der Waals surface area contributed by atoms with Crippen LogP contribution in [0.25, 0.3) is 11.1 Å². The Morgan fingerprint density at radius 3 is 2.23 bits per heavy atom. The summed E-state index contributed by atoms with van der Waals surface area (Å²) < 4.78 is 6.01. The van der Waals surface area contributed by atoms with Crippen molar-refractivity contribution in [3.8, 4) is 11.1 Å². The van der Waals surface area contributed by atoms with Gasteiger partial charge in [0.05, 0.1) is 5.60 Å². The molecule has 1 aromatic heterocycles. The Morgan fingerprint density at radius 1 is 0.971 bits per heavy atom. The van der Waals surface area contributed by atoms with Crippen LogP contribution in [0.2, 0.25) is 0 Å². The van der Waals surface area contributed by atoms with Crippen molar-refractivity contribution in [2.75, 3.05) is 6.61 Å². The summed E-state index contributed by atoms with van der Waals surface area (Å²) in [5, 5.41) is 11.5. The molecule has 6 rings (SSSR count). The van der Waals surface area contributed by atoms with E-state index in [-0.39, 0.29) is 24.1 Å². The Balaban J connectivity index is 1.17. The fourth-order valence-electron chi connectivity index (χ4n) is 6.67. The van der Waals surface area contributed by atoms with Crippen LogP contribution < -0.4 is 0 Å². The molecule has 3 heterocycles. The third kappa shape index (κ3) is 4.12. The lowest BCUT2D eigenvalue weighted by Crippen LogP contribution is -2.60. The number of nitrogens with zero attached hydrogens (tertiary/aromatic N) is 2. The Hall–Kier alpha value is -3.18. The largest absolute Gasteiger partial charge is 0.448 e. The van der Waals surface area contributed by atoms with E-state index in [2.05, 4.69) is 53.5 Å². The van der Waals surface area contributed by atoms with Crippen molar-refractivity contribution in [1.29, 1.82) is 0 Å². The first-order valence-corrected chi connectivity index (χ1v) is 12.8. The molecular formula is C30H32N2O3. The van der Waals surface area contributed by atoms with E-state index in [1.54, 1.807) is 0 Å². The third-order valence-corrected chi connectivity index (χ3v) is 8.10. The van der Waals surface area contributed by atoms with Crippen molar-refractivity contribution in [3.63, 3.8) is 0 Å². The van der Waals surface area contributed by atoms with Crippen molar-refractivity contribution in [2.24, 2.45) is 0 Å². The van der Waals surface area contributed by atoms with E-state index in [1.807, 2.05) is 30.0 Å². The van der Waals surface area contributed by atoms with E-state index in [9.17, 15) is 9.90 Å². The first-order chi connectivity index (χ1) is 17.0. The van der Waals surface area contributed by atoms with Crippen LogP contribution in [-0.2, 0) is 11.2 Å². The van der Waals surface area contributed by atoms with Crippen LogP contribution >= 0.6 is 0 Å². The number of aromatic nitrogens is 1. The number of aliphatic hydroxyl groups is 1. The first kappa shape index (κ1) is 22.3. The van der Waals surface area contributed by atoms with Crippen molar-refractivity contribution in [2.45, 2.75) is 69.1 Å². The number of hydrogen-bond donors (Lipinski definition) is 1. The number of hydrogen-bond acceptors (Lipinski definition) is 4. The number of ether oxygens (including phenoxy) is 1. The highest BCUT2D eigenvalue weighted by Crippen LogP contribution is 2.45. The summed E-state index contributed by atoms with van der Waals surface area (Å²) in [6, 6.07) is 22.8. The van der Waals surface area contributed by atoms with Crippen LogP contribution in [0.15, 0.2) is 66.7 Å². The zero-order valence-corrected chi connectivity index (χ0v) is 20.2. The molecule has 5 nitrogen and oxygen atoms in total. The molecule has 2 fully saturated rings. The number of benzene rings is 2. The monoisotopic (exact) mass is 468 g/mol. The average molecular weight is 469 g/mol. The lowest BCUT2D eigenvalue weighted by Gasteiger charge is -2.51. The van der Waals surface area contributed by atoms with Gasteiger partial charge in [-0.25, -0.2) is 4.79 Å². The van der Waals surface area contributed by atoms with Gasteiger partial charge in [-0.15, -0.1) is 0 Å². The zero-order valence-electron chi connectivity index (χ0n) is 20.2. The highest BCUT2D eigenvalue weighted by atomic mass is 16.6. The Kier molecular flexibility index (Phi) is 5.60. The molecule has 1 N–H and O–H groups in total. The van der Waals surface area contributed by atoms with Crippen LogP contribution in [-0.4, -0.2) is 45.4 Å². The summed E-state index contributed by atoms with van der Waals surface area (Å²) in [4.78, 5) is 20.0. The van der Waals surface area contributed by atoms with Crippen molar-refractivity contribution >= 4 is 6.09 Å². The van der Waals surface area contributed by atoms with E-state index < -0.39 is 5.60 Å². The number of rotatable bonds is 4. The summed E-state index contributed by atoms with van der Waals surface area (Å²) in [7, 11) is 0. The van der Waals surface area contributed by atoms with Gasteiger partial charge < -0.3 is 14.7 Å². The third-order valence-electron chi connectivity index (χ3n) is 8.10. The average Bonchev–Trinajstić information content (AvgIpc) is 3.15. The maximum Gasteiger partial charge on any atom is 0.410 e. The standard InChI is InChI=1S/C30H32N2O3/c1-20-8-6-9-21(31-20)16-30(34)17-22-10-7-11-23(18-30)32(22)29(33)35-19-28-26-14-4-2-12-24(26)25-13-3-5-15-27(25)28/h2-6,8-9,12-15,22-23,28,34H,7,10-11,16-19H2,1H3. The molecule has 35 heavy (non-hydrogen) atoms. The van der Waals surface area contributed by atoms with Gasteiger partial charge in [0.2, 0.25) is 0 Å². The number of aryl methyl sites for hydroxylation is 1. The lowest BCUT2D eigenvalue weighted by molar-refractivity contribution is -0.0844. The molecule has 2 aliphatic heterocycles. The van der Waals surface area contributed by atoms with Crippen LogP contribution in [0.1, 0.15) is 60.5 Å². The second kappa shape index (κ2) is 8.80. The summed E-state index contributed by atoms with van der Waals surface area (Å²) in [5.41, 5.74) is 5.95. The predicted molar refractivity (Wildman–Crippen MR) is 135 cm³/mol. The molecule has 3 aromatic rings. The molecule has 2 atom stereocenters. The van der Waals surface area contributed by atoms with Crippen molar-refractivity contribution in [3.05, 3.63) is 89.2 Å². The van der Waals surface area contributed by atoms with Gasteiger partial charge in [0.25, 0.3) is 0 Å². The van der Waals surface area contributed by atoms with Crippen LogP contribution in [0.5, 0.6) is 0 Å². The number of amides is 1. The molecule has 2 aromatic carbocycles. The SMILES string of the molecule is Cc1cccc(CC2(O)CC3CCCC(C2)N3C(=O)OCC2c3ccccc3-c3ccccc32)n1. The van der Waals surface area contributed by atoms with Gasteiger partial charge in [-0.1, -0.05) is 54.6 Å². The number of piperidine rings is 2. The fraction of sp³-hybridized carbons (Fsp3) is 0.400. The van der Waals surface area contributed by atoms with E-state index in [0.717, 1.165) is 30.7 Å². The molecule has 5 heteroatoms. The molecule has 180 valence electrons. The molecule has 2 bridgehead atoms. The van der Waals surface area contributed by atoms with E-state index in [4.69, 9.17) is 4.74 Å². The van der Waals surface area contributed by atoms with Gasteiger partial charge in [0, 0.05) is 35.8 Å². The molecule has 0 saturated carbocycles. The van der Waals surface area contributed by atoms with Crippen LogP contribution in [0.3, 0.4) is 0 Å². The Labute approximate surface area is 206 Å². The highest BCUT2D eigenvalue weighted by Gasteiger charge is 2.48. The van der Waals surface area contributed by atoms with E-state index in [0.29, 0.717) is 25.9 Å². The topological polar surface area (TPSA) is 62.7 Å². The summed E-state index contributed by atoms with van der Waals surface area (Å²) in [6.45, 7) is 2.31. The maximum atomic E-state index is 13.4. The van der Waals surface area contributed by atoms with Crippen LogP contribution in [0, 0.1) is 6.92 Å². The van der Waals surface area contributed by atoms with Gasteiger partial charge in [-0.05, 0) is 73.4 Å². The number of carbonyl (C=O) groups excluding carboxylic acids is 1. The van der Waals surface area contributed by atoms with Crippen molar-refractivity contribution < 1.29 is 14.6 Å². The van der Waals surface area contributed by atoms with Crippen LogP contribution in [0.4, 0.5) is 4.79 Å². The second-order valence-electron chi connectivity index (χ2n) is 10.5. The minimum atomic E-state index is -0.837. The van der Waals surface area contributed by atoms with Gasteiger partial charge in [0.15, 0.2) is 0 Å². The second-order valence-corrected chi connectivity index (χ2v) is 10.5. The molecule has 0 radical (unpaired) electrons. The number of pyridine rings is 1. The Morgan fingerprint density at radius 2 is 1.60 bits per heavy atom. The van der Waals surface area contributed by atoms with Gasteiger partial charge in [0.1, 0.15) is 6.61 Å². The molecular weight excluding hydrogens is 436 g/mol. The summed E-state index contributed by atoms with van der Waals surface area (Å²) >= 11 is 0. The minimum Gasteiger partial charge on any atom is -0.448 e. The van der Waals surface area contributed by atoms with Gasteiger partial charge in [-0.3, -0.25) is 4.98 Å². The zero-order chi connectivity index (χ0) is 24.0. The Bertz CT molecular complexity index is 1200. The van der Waals surface area contributed by atoms with E-state index in [1.165, 1.54) is 22.3 Å². The number of carbonyl (C=O) groups is 1. The lowest BCUT2D eigenvalue weighted by atomic mass is 9.74. The molecule has 2 saturated heterocycles. The minimum absolute atomic E-state index is 0.00737. The number of fused-ring (bicyclic) bond motifs is 5.